The van der Waals surface area contributed by atoms with Gasteiger partial charge in [-0.1, -0.05) is 54.6 Å². The third kappa shape index (κ3) is 1.78. The lowest BCUT2D eigenvalue weighted by Gasteiger charge is -2.14. The fourth-order valence-corrected chi connectivity index (χ4v) is 3.33. The molecule has 0 saturated heterocycles. The van der Waals surface area contributed by atoms with Crippen LogP contribution in [0.15, 0.2) is 85.1 Å². The van der Waals surface area contributed by atoms with Crippen molar-refractivity contribution in [3.05, 3.63) is 85.1 Å². The molecule has 3 aromatic rings. The van der Waals surface area contributed by atoms with E-state index in [0.717, 1.165) is 16.9 Å². The molecular formula is C21H14N2. The second kappa shape index (κ2) is 4.68. The Balaban J connectivity index is 2.00. The Hall–Kier alpha value is -3.13. The van der Waals surface area contributed by atoms with Gasteiger partial charge in [0.15, 0.2) is 0 Å². The van der Waals surface area contributed by atoms with E-state index < -0.39 is 0 Å². The van der Waals surface area contributed by atoms with Gasteiger partial charge in [0.05, 0.1) is 16.7 Å². The van der Waals surface area contributed by atoms with Gasteiger partial charge in [-0.15, -0.1) is 0 Å². The molecule has 0 radical (unpaired) electrons. The van der Waals surface area contributed by atoms with Gasteiger partial charge in [0, 0.05) is 28.2 Å². The molecule has 0 bridgehead atoms. The number of hydrogen-bond donors (Lipinski definition) is 0. The standard InChI is InChI=1S/C21H14N2/c1-2-8-15(9-3-1)23-14-18-16-10-4-6-12-19(16)22-21(18)17-11-5-7-13-20(17)23/h1-14H. The maximum Gasteiger partial charge on any atom is 0.0824 e. The molecule has 2 nitrogen and oxygen atoms in total. The fraction of sp³-hybridized carbons (Fsp3) is 0. The minimum absolute atomic E-state index is 1.05. The highest BCUT2D eigenvalue weighted by atomic mass is 15.0. The van der Waals surface area contributed by atoms with Gasteiger partial charge >= 0.3 is 0 Å². The van der Waals surface area contributed by atoms with E-state index in [4.69, 9.17) is 4.98 Å². The van der Waals surface area contributed by atoms with Crippen molar-refractivity contribution in [1.82, 2.24) is 9.55 Å². The number of pyridine rings is 1. The zero-order valence-electron chi connectivity index (χ0n) is 12.5. The molecule has 3 aromatic carbocycles. The lowest BCUT2D eigenvalue weighted by molar-refractivity contribution is 1.11. The van der Waals surface area contributed by atoms with Crippen molar-refractivity contribution in [2.45, 2.75) is 0 Å². The quantitative estimate of drug-likeness (QED) is 0.411. The van der Waals surface area contributed by atoms with Gasteiger partial charge in [-0.05, 0) is 24.3 Å². The van der Waals surface area contributed by atoms with E-state index in [1.807, 2.05) is 12.1 Å². The summed E-state index contributed by atoms with van der Waals surface area (Å²) in [7, 11) is 0. The zero-order valence-corrected chi connectivity index (χ0v) is 12.5. The number of benzene rings is 3. The highest BCUT2D eigenvalue weighted by Gasteiger charge is 2.17. The average Bonchev–Trinajstić information content (AvgIpc) is 3.01. The molecule has 0 atom stereocenters. The SMILES string of the molecule is c1ccc(-n2cc3c4ccccc4nc-3c3ccccc32)cc1. The molecule has 2 aliphatic heterocycles. The lowest BCUT2D eigenvalue weighted by Crippen LogP contribution is -1.99. The summed E-state index contributed by atoms with van der Waals surface area (Å²) in [4.78, 5) is 4.86. The first-order valence-electron chi connectivity index (χ1n) is 7.76. The second-order valence-electron chi connectivity index (χ2n) is 5.74. The number of para-hydroxylation sites is 3. The smallest absolute Gasteiger partial charge is 0.0824 e. The van der Waals surface area contributed by atoms with Gasteiger partial charge in [-0.3, -0.25) is 0 Å². The van der Waals surface area contributed by atoms with Crippen LogP contribution in [0.25, 0.3) is 38.8 Å². The minimum atomic E-state index is 1.05. The molecule has 2 heteroatoms. The molecular weight excluding hydrogens is 280 g/mol. The van der Waals surface area contributed by atoms with Crippen LogP contribution in [0, 0.1) is 0 Å². The van der Waals surface area contributed by atoms with Crippen LogP contribution in [0.4, 0.5) is 0 Å². The molecule has 2 heterocycles. The van der Waals surface area contributed by atoms with Crippen LogP contribution in [0.2, 0.25) is 0 Å². The predicted molar refractivity (Wildman–Crippen MR) is 95.2 cm³/mol. The van der Waals surface area contributed by atoms with Crippen LogP contribution >= 0.6 is 0 Å². The molecule has 0 aromatic heterocycles. The Morgan fingerprint density at radius 1 is 0.652 bits per heavy atom. The van der Waals surface area contributed by atoms with Crippen LogP contribution in [0.1, 0.15) is 0 Å². The van der Waals surface area contributed by atoms with E-state index in [1.54, 1.807) is 0 Å². The van der Waals surface area contributed by atoms with E-state index in [0.29, 0.717) is 0 Å². The van der Waals surface area contributed by atoms with Crippen LogP contribution in [-0.2, 0) is 0 Å². The molecule has 0 fully saturated rings. The Labute approximate surface area is 134 Å². The largest absolute Gasteiger partial charge is 0.316 e. The highest BCUT2D eigenvalue weighted by Crippen LogP contribution is 2.37. The normalized spacial score (nSPS) is 11.5. The summed E-state index contributed by atoms with van der Waals surface area (Å²) < 4.78 is 2.26. The zero-order chi connectivity index (χ0) is 15.2. The molecule has 0 spiro atoms. The molecule has 0 unspecified atom stereocenters. The first kappa shape index (κ1) is 12.4. The molecule has 0 aliphatic carbocycles. The Bertz CT molecular complexity index is 1110. The van der Waals surface area contributed by atoms with Crippen LogP contribution in [-0.4, -0.2) is 9.55 Å². The highest BCUT2D eigenvalue weighted by molar-refractivity contribution is 6.06. The van der Waals surface area contributed by atoms with Gasteiger partial charge in [0.1, 0.15) is 0 Å². The van der Waals surface area contributed by atoms with Crippen molar-refractivity contribution >= 4 is 21.8 Å². The Morgan fingerprint density at radius 2 is 1.35 bits per heavy atom. The number of fused-ring (bicyclic) bond motifs is 5. The predicted octanol–water partition coefficient (Wildman–Crippen LogP) is 5.28. The molecule has 0 saturated carbocycles. The van der Waals surface area contributed by atoms with E-state index >= 15 is 0 Å². The first-order valence-corrected chi connectivity index (χ1v) is 7.76. The van der Waals surface area contributed by atoms with Gasteiger partial charge in [-0.25, -0.2) is 4.98 Å². The minimum Gasteiger partial charge on any atom is -0.316 e. The summed E-state index contributed by atoms with van der Waals surface area (Å²) in [6.45, 7) is 0. The summed E-state index contributed by atoms with van der Waals surface area (Å²) in [5, 5.41) is 2.39. The third-order valence-corrected chi connectivity index (χ3v) is 4.39. The maximum absolute atomic E-state index is 4.86. The van der Waals surface area contributed by atoms with Gasteiger partial charge in [-0.2, -0.15) is 0 Å². The summed E-state index contributed by atoms with van der Waals surface area (Å²) in [6, 6.07) is 27.3. The molecule has 108 valence electrons. The first-order chi connectivity index (χ1) is 11.4. The number of nitrogens with zero attached hydrogens (tertiary/aromatic N) is 2. The lowest BCUT2D eigenvalue weighted by atomic mass is 10.0. The molecule has 2 aliphatic rings. The summed E-state index contributed by atoms with van der Waals surface area (Å²) in [5.41, 5.74) is 5.67. The third-order valence-electron chi connectivity index (χ3n) is 4.39. The van der Waals surface area contributed by atoms with Gasteiger partial charge in [0.25, 0.3) is 0 Å². The number of rotatable bonds is 1. The molecule has 5 rings (SSSR count). The van der Waals surface area contributed by atoms with Gasteiger partial charge in [0.2, 0.25) is 0 Å². The van der Waals surface area contributed by atoms with Crippen LogP contribution in [0.5, 0.6) is 0 Å². The summed E-state index contributed by atoms with van der Waals surface area (Å²) in [6.07, 6.45) is 2.21. The van der Waals surface area contributed by atoms with E-state index in [9.17, 15) is 0 Å². The van der Waals surface area contributed by atoms with Crippen molar-refractivity contribution in [2.24, 2.45) is 0 Å². The Kier molecular flexibility index (Phi) is 2.53. The van der Waals surface area contributed by atoms with E-state index in [1.165, 1.54) is 21.9 Å². The van der Waals surface area contributed by atoms with Crippen molar-refractivity contribution in [3.63, 3.8) is 0 Å². The molecule has 23 heavy (non-hydrogen) atoms. The average molecular weight is 294 g/mol. The maximum atomic E-state index is 4.86. The fourth-order valence-electron chi connectivity index (χ4n) is 3.33. The Morgan fingerprint density at radius 3 is 2.22 bits per heavy atom. The molecule has 0 N–H and O–H groups in total. The van der Waals surface area contributed by atoms with Crippen molar-refractivity contribution in [1.29, 1.82) is 0 Å². The van der Waals surface area contributed by atoms with Crippen molar-refractivity contribution in [2.75, 3.05) is 0 Å². The molecule has 0 amide bonds. The van der Waals surface area contributed by atoms with Gasteiger partial charge < -0.3 is 4.57 Å². The monoisotopic (exact) mass is 294 g/mol. The summed E-state index contributed by atoms with van der Waals surface area (Å²) >= 11 is 0. The van der Waals surface area contributed by atoms with Crippen molar-refractivity contribution in [3.8, 4) is 16.9 Å². The second-order valence-corrected chi connectivity index (χ2v) is 5.74. The number of aromatic nitrogens is 2. The number of hydrogen-bond acceptors (Lipinski definition) is 1. The van der Waals surface area contributed by atoms with E-state index in [2.05, 4.69) is 77.5 Å². The summed E-state index contributed by atoms with van der Waals surface area (Å²) in [5.74, 6) is 0. The van der Waals surface area contributed by atoms with Crippen LogP contribution < -0.4 is 0 Å². The van der Waals surface area contributed by atoms with Crippen molar-refractivity contribution < 1.29 is 0 Å². The van der Waals surface area contributed by atoms with E-state index in [-0.39, 0.29) is 0 Å². The van der Waals surface area contributed by atoms with Crippen LogP contribution in [0.3, 0.4) is 0 Å². The topological polar surface area (TPSA) is 17.8 Å².